The molecule has 0 aliphatic rings. The Bertz CT molecular complexity index is 577. The standard InChI is InChI=1S/C17H28N2O4S/c1-10(2)13(19(7)16(22)23-17(4,5)6)8-14(21)15-18-12(9-24-15)11(3)20/h9-10,13-14,21H,8H2,1-7H3/t13-,14-/m0/s1. The zero-order chi connectivity index (χ0) is 18.7. The lowest BCUT2D eigenvalue weighted by Gasteiger charge is -2.34. The van der Waals surface area contributed by atoms with Gasteiger partial charge in [0.2, 0.25) is 0 Å². The van der Waals surface area contributed by atoms with E-state index < -0.39 is 17.8 Å². The molecule has 1 heterocycles. The third-order valence-electron chi connectivity index (χ3n) is 3.58. The first kappa shape index (κ1) is 20.6. The highest BCUT2D eigenvalue weighted by molar-refractivity contribution is 7.09. The Labute approximate surface area is 147 Å². The van der Waals surface area contributed by atoms with E-state index in [-0.39, 0.29) is 17.7 Å². The number of ketones is 1. The maximum absolute atomic E-state index is 12.3. The Kier molecular flexibility index (Phi) is 6.92. The number of Topliss-reactive ketones (excluding diaryl/α,β-unsaturated/α-hetero) is 1. The van der Waals surface area contributed by atoms with Gasteiger partial charge >= 0.3 is 6.09 Å². The average Bonchev–Trinajstić information content (AvgIpc) is 2.91. The summed E-state index contributed by atoms with van der Waals surface area (Å²) < 4.78 is 5.40. The number of rotatable bonds is 6. The minimum Gasteiger partial charge on any atom is -0.444 e. The summed E-state index contributed by atoms with van der Waals surface area (Å²) in [4.78, 5) is 29.3. The lowest BCUT2D eigenvalue weighted by molar-refractivity contribution is 0.0106. The molecule has 1 amide bonds. The number of carbonyl (C=O) groups excluding carboxylic acids is 2. The van der Waals surface area contributed by atoms with Crippen molar-refractivity contribution in [1.82, 2.24) is 9.88 Å². The lowest BCUT2D eigenvalue weighted by atomic mass is 9.97. The van der Waals surface area contributed by atoms with E-state index in [2.05, 4.69) is 4.98 Å². The molecular formula is C17H28N2O4S. The molecule has 0 unspecified atom stereocenters. The number of aliphatic hydroxyl groups is 1. The molecule has 7 heteroatoms. The minimum absolute atomic E-state index is 0.129. The second kappa shape index (κ2) is 8.07. The van der Waals surface area contributed by atoms with Crippen LogP contribution in [0.2, 0.25) is 0 Å². The van der Waals surface area contributed by atoms with Crippen LogP contribution < -0.4 is 0 Å². The van der Waals surface area contributed by atoms with E-state index in [4.69, 9.17) is 4.74 Å². The van der Waals surface area contributed by atoms with Crippen molar-refractivity contribution in [2.24, 2.45) is 5.92 Å². The van der Waals surface area contributed by atoms with Crippen molar-refractivity contribution in [2.75, 3.05) is 7.05 Å². The third-order valence-corrected chi connectivity index (χ3v) is 4.53. The van der Waals surface area contributed by atoms with Crippen molar-refractivity contribution in [3.8, 4) is 0 Å². The van der Waals surface area contributed by atoms with Crippen molar-refractivity contribution < 1.29 is 19.4 Å². The van der Waals surface area contributed by atoms with Crippen LogP contribution in [-0.4, -0.2) is 45.6 Å². The largest absolute Gasteiger partial charge is 0.444 e. The van der Waals surface area contributed by atoms with E-state index in [0.717, 1.165) is 0 Å². The van der Waals surface area contributed by atoms with Gasteiger partial charge in [-0.25, -0.2) is 9.78 Å². The summed E-state index contributed by atoms with van der Waals surface area (Å²) in [5, 5.41) is 12.6. The Balaban J connectivity index is 2.84. The van der Waals surface area contributed by atoms with Gasteiger partial charge in [0.1, 0.15) is 22.4 Å². The number of aliphatic hydroxyl groups excluding tert-OH is 1. The molecule has 1 N–H and O–H groups in total. The van der Waals surface area contributed by atoms with Crippen LogP contribution in [0.1, 0.15) is 69.6 Å². The highest BCUT2D eigenvalue weighted by Gasteiger charge is 2.30. The molecule has 0 aliphatic heterocycles. The van der Waals surface area contributed by atoms with Gasteiger partial charge in [0.25, 0.3) is 0 Å². The van der Waals surface area contributed by atoms with Crippen molar-refractivity contribution in [3.63, 3.8) is 0 Å². The molecule has 136 valence electrons. The number of ether oxygens (including phenoxy) is 1. The maximum Gasteiger partial charge on any atom is 0.410 e. The van der Waals surface area contributed by atoms with Gasteiger partial charge in [-0.05, 0) is 26.7 Å². The van der Waals surface area contributed by atoms with Gasteiger partial charge in [0.15, 0.2) is 5.78 Å². The van der Waals surface area contributed by atoms with Crippen molar-refractivity contribution in [2.45, 2.75) is 65.7 Å². The molecule has 0 bridgehead atoms. The summed E-state index contributed by atoms with van der Waals surface area (Å²) in [6.45, 7) is 10.9. The first-order valence-electron chi connectivity index (χ1n) is 8.02. The Morgan fingerprint density at radius 3 is 2.38 bits per heavy atom. The number of hydrogen-bond acceptors (Lipinski definition) is 6. The number of nitrogens with zero attached hydrogens (tertiary/aromatic N) is 2. The van der Waals surface area contributed by atoms with Crippen LogP contribution in [0, 0.1) is 5.92 Å². The van der Waals surface area contributed by atoms with E-state index in [1.54, 1.807) is 12.4 Å². The summed E-state index contributed by atoms with van der Waals surface area (Å²) in [6.07, 6.45) is -0.921. The van der Waals surface area contributed by atoms with E-state index in [1.807, 2.05) is 34.6 Å². The van der Waals surface area contributed by atoms with Crippen LogP contribution in [-0.2, 0) is 4.74 Å². The maximum atomic E-state index is 12.3. The Morgan fingerprint density at radius 2 is 1.96 bits per heavy atom. The van der Waals surface area contributed by atoms with Gasteiger partial charge in [-0.15, -0.1) is 11.3 Å². The first-order chi connectivity index (χ1) is 10.9. The molecule has 0 radical (unpaired) electrons. The highest BCUT2D eigenvalue weighted by atomic mass is 32.1. The molecule has 24 heavy (non-hydrogen) atoms. The van der Waals surface area contributed by atoms with E-state index >= 15 is 0 Å². The minimum atomic E-state index is -0.833. The number of amides is 1. The summed E-state index contributed by atoms with van der Waals surface area (Å²) in [6, 6.07) is -0.209. The van der Waals surface area contributed by atoms with Crippen molar-refractivity contribution in [3.05, 3.63) is 16.1 Å². The zero-order valence-electron chi connectivity index (χ0n) is 15.5. The number of thiazole rings is 1. The second-order valence-corrected chi connectivity index (χ2v) is 8.17. The van der Waals surface area contributed by atoms with Crippen LogP contribution in [0.25, 0.3) is 0 Å². The second-order valence-electron chi connectivity index (χ2n) is 7.28. The molecule has 0 saturated carbocycles. The number of hydrogen-bond donors (Lipinski definition) is 1. The van der Waals surface area contributed by atoms with Gasteiger partial charge in [-0.1, -0.05) is 13.8 Å². The monoisotopic (exact) mass is 356 g/mol. The fourth-order valence-corrected chi connectivity index (χ4v) is 3.13. The third kappa shape index (κ3) is 5.87. The molecule has 6 nitrogen and oxygen atoms in total. The van der Waals surface area contributed by atoms with Crippen LogP contribution in [0.3, 0.4) is 0 Å². The smallest absolute Gasteiger partial charge is 0.410 e. The average molecular weight is 356 g/mol. The first-order valence-corrected chi connectivity index (χ1v) is 8.90. The Morgan fingerprint density at radius 1 is 1.38 bits per heavy atom. The van der Waals surface area contributed by atoms with Crippen molar-refractivity contribution >= 4 is 23.2 Å². The van der Waals surface area contributed by atoms with Crippen LogP contribution in [0.5, 0.6) is 0 Å². The summed E-state index contributed by atoms with van der Waals surface area (Å²) in [5.41, 5.74) is -0.215. The van der Waals surface area contributed by atoms with Gasteiger partial charge in [-0.3, -0.25) is 4.79 Å². The van der Waals surface area contributed by atoms with Crippen LogP contribution in [0.4, 0.5) is 4.79 Å². The Hall–Kier alpha value is -1.47. The quantitative estimate of drug-likeness (QED) is 0.787. The molecular weight excluding hydrogens is 328 g/mol. The summed E-state index contributed by atoms with van der Waals surface area (Å²) >= 11 is 1.25. The van der Waals surface area contributed by atoms with Gasteiger partial charge in [-0.2, -0.15) is 0 Å². The zero-order valence-corrected chi connectivity index (χ0v) is 16.3. The van der Waals surface area contributed by atoms with E-state index in [9.17, 15) is 14.7 Å². The van der Waals surface area contributed by atoms with E-state index in [1.165, 1.54) is 23.2 Å². The van der Waals surface area contributed by atoms with E-state index in [0.29, 0.717) is 17.1 Å². The summed E-state index contributed by atoms with van der Waals surface area (Å²) in [7, 11) is 1.67. The van der Waals surface area contributed by atoms with Crippen molar-refractivity contribution in [1.29, 1.82) is 0 Å². The molecule has 0 spiro atoms. The molecule has 0 fully saturated rings. The SMILES string of the molecule is CC(=O)c1csc([C@@H](O)C[C@@H](C(C)C)N(C)C(=O)OC(C)(C)C)n1. The van der Waals surface area contributed by atoms with Crippen LogP contribution in [0.15, 0.2) is 5.38 Å². The normalized spacial score (nSPS) is 14.4. The van der Waals surface area contributed by atoms with Gasteiger partial charge in [0, 0.05) is 31.8 Å². The molecule has 1 aromatic heterocycles. The molecule has 0 aromatic carbocycles. The predicted octanol–water partition coefficient (Wildman–Crippen LogP) is 3.66. The lowest BCUT2D eigenvalue weighted by Crippen LogP contribution is -2.44. The van der Waals surface area contributed by atoms with Gasteiger partial charge < -0.3 is 14.7 Å². The van der Waals surface area contributed by atoms with Gasteiger partial charge in [0.05, 0.1) is 0 Å². The topological polar surface area (TPSA) is 79.7 Å². The molecule has 0 saturated heterocycles. The molecule has 2 atom stereocenters. The molecule has 0 aliphatic carbocycles. The fourth-order valence-electron chi connectivity index (χ4n) is 2.28. The summed E-state index contributed by atoms with van der Waals surface area (Å²) in [5.74, 6) is 0.000362. The number of aromatic nitrogens is 1. The predicted molar refractivity (Wildman–Crippen MR) is 94.3 cm³/mol. The molecule has 1 aromatic rings. The fraction of sp³-hybridized carbons (Fsp3) is 0.706. The van der Waals surface area contributed by atoms with Crippen LogP contribution >= 0.6 is 11.3 Å². The number of carbonyl (C=O) groups is 2. The highest BCUT2D eigenvalue weighted by Crippen LogP contribution is 2.27. The molecule has 1 rings (SSSR count).